The molecular formula is C26H30Cl2N2O2. The number of aryl methyl sites for hydroxylation is 1. The van der Waals surface area contributed by atoms with Gasteiger partial charge in [0, 0.05) is 12.6 Å². The summed E-state index contributed by atoms with van der Waals surface area (Å²) in [7, 11) is 7.95. The highest BCUT2D eigenvalue weighted by Gasteiger charge is 2.19. The number of hydrogen-bond acceptors (Lipinski definition) is 3. The third-order valence-corrected chi connectivity index (χ3v) is 5.58. The van der Waals surface area contributed by atoms with Crippen LogP contribution < -0.4 is 26.4 Å². The molecule has 1 aromatic heterocycles. The van der Waals surface area contributed by atoms with E-state index in [0.29, 0.717) is 6.61 Å². The molecule has 0 saturated carbocycles. The molecule has 6 heteroatoms. The number of ether oxygens (including phenoxy) is 2. The van der Waals surface area contributed by atoms with Crippen LogP contribution in [0.15, 0.2) is 66.7 Å². The Hall–Kier alpha value is -2.53. The summed E-state index contributed by atoms with van der Waals surface area (Å²) in [6.07, 6.45) is 0.864. The molecule has 0 fully saturated rings. The van der Waals surface area contributed by atoms with Crippen LogP contribution in [-0.4, -0.2) is 39.3 Å². The summed E-state index contributed by atoms with van der Waals surface area (Å²) in [5.41, 5.74) is 4.95. The first-order chi connectivity index (χ1) is 14.6. The Morgan fingerprint density at radius 1 is 0.844 bits per heavy atom. The Labute approximate surface area is 202 Å². The van der Waals surface area contributed by atoms with Gasteiger partial charge in [0.05, 0.1) is 23.9 Å². The van der Waals surface area contributed by atoms with Gasteiger partial charge in [-0.25, -0.2) is 0 Å². The average molecular weight is 473 g/mol. The standard InChI is InChI=1S/C26H29N2O2.2ClH/c1-27(2)14-15-30-21-10-12-22-23(16-19-8-6-5-7-9-19)24-17-20(29-4)11-13-25(24)28(3)26(22)18-21;;/h5-13,17-18H,14-16H2,1-4H3;2*1H/q+1;;/p-1. The Kier molecular flexibility index (Phi) is 9.14. The van der Waals surface area contributed by atoms with E-state index >= 15 is 0 Å². The van der Waals surface area contributed by atoms with Gasteiger partial charge in [-0.15, -0.1) is 12.4 Å². The lowest BCUT2D eigenvalue weighted by atomic mass is 9.96. The minimum Gasteiger partial charge on any atom is -1.00 e. The minimum absolute atomic E-state index is 0. The van der Waals surface area contributed by atoms with Crippen molar-refractivity contribution in [2.24, 2.45) is 7.05 Å². The number of rotatable bonds is 7. The van der Waals surface area contributed by atoms with Crippen molar-refractivity contribution in [2.75, 3.05) is 34.4 Å². The lowest BCUT2D eigenvalue weighted by Crippen LogP contribution is -3.00. The molecule has 4 aromatic rings. The van der Waals surface area contributed by atoms with Gasteiger partial charge in [-0.05, 0) is 55.9 Å². The number of halogens is 2. The fourth-order valence-electron chi connectivity index (χ4n) is 3.92. The number of likely N-dealkylation sites (N-methyl/N-ethyl adjacent to an activating group) is 1. The predicted octanol–water partition coefficient (Wildman–Crippen LogP) is 1.78. The zero-order valence-electron chi connectivity index (χ0n) is 19.0. The van der Waals surface area contributed by atoms with Gasteiger partial charge in [0.15, 0.2) is 0 Å². The number of nitrogens with zero attached hydrogens (tertiary/aromatic N) is 2. The second-order valence-electron chi connectivity index (χ2n) is 7.91. The quantitative estimate of drug-likeness (QED) is 0.303. The molecule has 4 rings (SSSR count). The van der Waals surface area contributed by atoms with Gasteiger partial charge in [-0.1, -0.05) is 30.3 Å². The van der Waals surface area contributed by atoms with Crippen molar-refractivity contribution < 1.29 is 26.4 Å². The third-order valence-electron chi connectivity index (χ3n) is 5.58. The van der Waals surface area contributed by atoms with Crippen LogP contribution in [0.1, 0.15) is 11.1 Å². The summed E-state index contributed by atoms with van der Waals surface area (Å²) in [4.78, 5) is 2.12. The molecular weight excluding hydrogens is 443 g/mol. The highest BCUT2D eigenvalue weighted by molar-refractivity contribution is 5.95. The van der Waals surface area contributed by atoms with Crippen LogP contribution in [0.2, 0.25) is 0 Å². The molecule has 4 nitrogen and oxygen atoms in total. The van der Waals surface area contributed by atoms with Crippen LogP contribution in [0.3, 0.4) is 0 Å². The molecule has 0 spiro atoms. The molecule has 3 aromatic carbocycles. The molecule has 0 unspecified atom stereocenters. The summed E-state index contributed by atoms with van der Waals surface area (Å²) < 4.78 is 13.8. The van der Waals surface area contributed by atoms with Crippen LogP contribution in [0, 0.1) is 0 Å². The molecule has 0 N–H and O–H groups in total. The lowest BCUT2D eigenvalue weighted by molar-refractivity contribution is -0.617. The van der Waals surface area contributed by atoms with E-state index in [4.69, 9.17) is 9.47 Å². The predicted molar refractivity (Wildman–Crippen MR) is 130 cm³/mol. The molecule has 0 aliphatic rings. The molecule has 32 heavy (non-hydrogen) atoms. The highest BCUT2D eigenvalue weighted by atomic mass is 35.5. The van der Waals surface area contributed by atoms with Crippen molar-refractivity contribution in [1.29, 1.82) is 0 Å². The monoisotopic (exact) mass is 472 g/mol. The molecule has 170 valence electrons. The summed E-state index contributed by atoms with van der Waals surface area (Å²) in [6.45, 7) is 1.56. The van der Waals surface area contributed by atoms with Gasteiger partial charge < -0.3 is 26.8 Å². The largest absolute Gasteiger partial charge is 1.00 e. The van der Waals surface area contributed by atoms with Crippen molar-refractivity contribution in [3.63, 3.8) is 0 Å². The molecule has 0 aliphatic heterocycles. The second-order valence-corrected chi connectivity index (χ2v) is 7.91. The van der Waals surface area contributed by atoms with Crippen LogP contribution in [0.4, 0.5) is 0 Å². The summed E-state index contributed by atoms with van der Waals surface area (Å²) in [5.74, 6) is 1.78. The topological polar surface area (TPSA) is 25.6 Å². The van der Waals surface area contributed by atoms with E-state index in [0.717, 1.165) is 24.5 Å². The Morgan fingerprint density at radius 3 is 2.25 bits per heavy atom. The van der Waals surface area contributed by atoms with E-state index in [1.54, 1.807) is 7.11 Å². The zero-order chi connectivity index (χ0) is 21.1. The van der Waals surface area contributed by atoms with Gasteiger partial charge in [0.1, 0.15) is 25.2 Å². The van der Waals surface area contributed by atoms with Gasteiger partial charge in [-0.2, -0.15) is 4.57 Å². The Balaban J connectivity index is 0.00000181. The zero-order valence-corrected chi connectivity index (χ0v) is 20.5. The third kappa shape index (κ3) is 5.44. The van der Waals surface area contributed by atoms with E-state index < -0.39 is 0 Å². The maximum atomic E-state index is 6.01. The number of fused-ring (bicyclic) bond motifs is 2. The van der Waals surface area contributed by atoms with Crippen LogP contribution in [0.25, 0.3) is 21.8 Å². The SMILES string of the molecule is COc1ccc2c(c1)c(Cc1ccccc1)c1ccc(OCCN(C)C)cc1[n+]2C.Cl.[Cl-]. The van der Waals surface area contributed by atoms with Crippen molar-refractivity contribution >= 4 is 34.2 Å². The van der Waals surface area contributed by atoms with Gasteiger partial charge in [0.25, 0.3) is 0 Å². The van der Waals surface area contributed by atoms with E-state index in [1.165, 1.54) is 32.9 Å². The van der Waals surface area contributed by atoms with Crippen molar-refractivity contribution in [3.05, 3.63) is 77.9 Å². The van der Waals surface area contributed by atoms with Crippen molar-refractivity contribution in [1.82, 2.24) is 4.90 Å². The molecule has 0 radical (unpaired) electrons. The molecule has 0 amide bonds. The van der Waals surface area contributed by atoms with Crippen LogP contribution in [-0.2, 0) is 13.5 Å². The van der Waals surface area contributed by atoms with Crippen molar-refractivity contribution in [2.45, 2.75) is 6.42 Å². The summed E-state index contributed by atoms with van der Waals surface area (Å²) in [6, 6.07) is 23.4. The van der Waals surface area contributed by atoms with Crippen molar-refractivity contribution in [3.8, 4) is 11.5 Å². The maximum absolute atomic E-state index is 6.01. The van der Waals surface area contributed by atoms with Gasteiger partial charge in [0.2, 0.25) is 11.0 Å². The Bertz CT molecular complexity index is 1180. The van der Waals surface area contributed by atoms with Gasteiger partial charge >= 0.3 is 0 Å². The number of hydrogen-bond donors (Lipinski definition) is 0. The molecule has 1 heterocycles. The van der Waals surface area contributed by atoms with E-state index in [1.807, 2.05) is 6.07 Å². The highest BCUT2D eigenvalue weighted by Crippen LogP contribution is 2.31. The molecule has 0 bridgehead atoms. The number of benzene rings is 3. The number of aromatic nitrogens is 1. The average Bonchev–Trinajstić information content (AvgIpc) is 2.76. The maximum Gasteiger partial charge on any atom is 0.216 e. The smallest absolute Gasteiger partial charge is 0.216 e. The molecule has 0 aliphatic carbocycles. The fourth-order valence-corrected chi connectivity index (χ4v) is 3.92. The fraction of sp³-hybridized carbons (Fsp3) is 0.269. The first kappa shape index (κ1) is 25.7. The molecule has 0 saturated heterocycles. The van der Waals surface area contributed by atoms with Gasteiger partial charge in [-0.3, -0.25) is 0 Å². The van der Waals surface area contributed by atoms with Crippen LogP contribution >= 0.6 is 12.4 Å². The Morgan fingerprint density at radius 2 is 1.56 bits per heavy atom. The van der Waals surface area contributed by atoms with E-state index in [2.05, 4.69) is 91.3 Å². The number of pyridine rings is 1. The second kappa shape index (κ2) is 11.4. The lowest BCUT2D eigenvalue weighted by Gasteiger charge is -2.14. The molecule has 0 atom stereocenters. The normalized spacial score (nSPS) is 10.7. The van der Waals surface area contributed by atoms with E-state index in [-0.39, 0.29) is 24.8 Å². The van der Waals surface area contributed by atoms with E-state index in [9.17, 15) is 0 Å². The summed E-state index contributed by atoms with van der Waals surface area (Å²) >= 11 is 0. The summed E-state index contributed by atoms with van der Waals surface area (Å²) in [5, 5.41) is 2.46. The number of methoxy groups -OCH3 is 1. The first-order valence-corrected chi connectivity index (χ1v) is 10.3. The minimum atomic E-state index is 0. The van der Waals surface area contributed by atoms with Crippen LogP contribution in [0.5, 0.6) is 11.5 Å². The first-order valence-electron chi connectivity index (χ1n) is 10.3.